The zero-order valence-corrected chi connectivity index (χ0v) is 13.1. The first-order chi connectivity index (χ1) is 8.40. The fraction of sp³-hybridized carbons (Fsp3) is 0.417. The Bertz CT molecular complexity index is 641. The number of rotatable bonds is 2. The largest absolute Gasteiger partial charge is 0.348 e. The molecule has 0 unspecified atom stereocenters. The highest BCUT2D eigenvalue weighted by Crippen LogP contribution is 2.20. The highest BCUT2D eigenvalue weighted by Gasteiger charge is 2.11. The van der Waals surface area contributed by atoms with E-state index in [1.807, 2.05) is 27.7 Å². The van der Waals surface area contributed by atoms with Crippen LogP contribution in [0.2, 0.25) is 0 Å². The maximum Gasteiger partial charge on any atom is 0.348 e. The Hall–Kier alpha value is -1.01. The lowest BCUT2D eigenvalue weighted by molar-refractivity contribution is 0.684. The first kappa shape index (κ1) is 13.4. The van der Waals surface area contributed by atoms with Crippen LogP contribution in [-0.2, 0) is 6.54 Å². The molecule has 0 saturated carbocycles. The van der Waals surface area contributed by atoms with Crippen molar-refractivity contribution in [3.8, 4) is 0 Å². The molecular weight excluding hydrogens is 314 g/mol. The van der Waals surface area contributed by atoms with Crippen molar-refractivity contribution >= 4 is 27.3 Å². The van der Waals surface area contributed by atoms with Gasteiger partial charge in [0.1, 0.15) is 5.01 Å². The number of aryl methyl sites for hydroxylation is 3. The summed E-state index contributed by atoms with van der Waals surface area (Å²) in [7, 11) is 0. The maximum absolute atomic E-state index is 11.9. The Kier molecular flexibility index (Phi) is 3.68. The second-order valence-corrected chi connectivity index (χ2v) is 6.30. The van der Waals surface area contributed by atoms with E-state index in [4.69, 9.17) is 0 Å². The van der Waals surface area contributed by atoms with Crippen LogP contribution in [-0.4, -0.2) is 14.5 Å². The van der Waals surface area contributed by atoms with Crippen molar-refractivity contribution in [3.63, 3.8) is 0 Å². The fourth-order valence-electron chi connectivity index (χ4n) is 1.70. The lowest BCUT2D eigenvalue weighted by atomic mass is 10.3. The topological polar surface area (TPSA) is 47.8 Å². The van der Waals surface area contributed by atoms with E-state index < -0.39 is 0 Å². The third kappa shape index (κ3) is 2.40. The van der Waals surface area contributed by atoms with Crippen molar-refractivity contribution in [2.24, 2.45) is 0 Å². The van der Waals surface area contributed by atoms with Crippen LogP contribution in [0.25, 0.3) is 0 Å². The molecule has 2 heterocycles. The van der Waals surface area contributed by atoms with E-state index in [1.54, 1.807) is 15.9 Å². The quantitative estimate of drug-likeness (QED) is 0.852. The van der Waals surface area contributed by atoms with Crippen LogP contribution >= 0.6 is 27.3 Å². The first-order valence-electron chi connectivity index (χ1n) is 5.56. The molecule has 2 aromatic heterocycles. The normalized spacial score (nSPS) is 10.9. The lowest BCUT2D eigenvalue weighted by Gasteiger charge is -2.10. The molecule has 0 radical (unpaired) electrons. The third-order valence-corrected chi connectivity index (χ3v) is 5.11. The zero-order chi connectivity index (χ0) is 13.4. The molecule has 0 atom stereocenters. The van der Waals surface area contributed by atoms with Crippen molar-refractivity contribution < 1.29 is 0 Å². The number of hydrogen-bond donors (Lipinski definition) is 0. The molecule has 0 aliphatic rings. The van der Waals surface area contributed by atoms with Gasteiger partial charge in [-0.1, -0.05) is 0 Å². The third-order valence-electron chi connectivity index (χ3n) is 2.90. The maximum atomic E-state index is 11.9. The van der Waals surface area contributed by atoms with E-state index in [9.17, 15) is 4.79 Å². The van der Waals surface area contributed by atoms with Crippen molar-refractivity contribution in [1.82, 2.24) is 14.5 Å². The number of thiazole rings is 1. The average Bonchev–Trinajstić information content (AvgIpc) is 2.61. The van der Waals surface area contributed by atoms with Crippen LogP contribution < -0.4 is 5.69 Å². The van der Waals surface area contributed by atoms with Crippen molar-refractivity contribution in [2.75, 3.05) is 0 Å². The monoisotopic (exact) mass is 327 g/mol. The second-order valence-electron chi connectivity index (χ2n) is 4.21. The zero-order valence-electron chi connectivity index (χ0n) is 10.7. The summed E-state index contributed by atoms with van der Waals surface area (Å²) in [4.78, 5) is 21.6. The standard InChI is InChI=1S/C12H14BrN3OS/c1-6-9(4)18-10(14-6)5-16-8(3)11(13)7(2)15-12(16)17/h5H2,1-4H3. The molecule has 0 aliphatic carbocycles. The Morgan fingerprint density at radius 1 is 1.17 bits per heavy atom. The van der Waals surface area contributed by atoms with Gasteiger partial charge in [0.2, 0.25) is 0 Å². The summed E-state index contributed by atoms with van der Waals surface area (Å²) < 4.78 is 2.53. The van der Waals surface area contributed by atoms with Gasteiger partial charge in [-0.2, -0.15) is 4.98 Å². The minimum Gasteiger partial charge on any atom is -0.289 e. The Morgan fingerprint density at radius 3 is 2.39 bits per heavy atom. The molecule has 4 nitrogen and oxygen atoms in total. The van der Waals surface area contributed by atoms with E-state index in [0.29, 0.717) is 6.54 Å². The molecule has 2 rings (SSSR count). The summed E-state index contributed by atoms with van der Waals surface area (Å²) in [6.07, 6.45) is 0. The lowest BCUT2D eigenvalue weighted by Crippen LogP contribution is -2.26. The number of halogens is 1. The molecule has 96 valence electrons. The molecule has 0 aliphatic heterocycles. The molecule has 0 N–H and O–H groups in total. The molecule has 2 aromatic rings. The molecule has 6 heteroatoms. The van der Waals surface area contributed by atoms with E-state index in [0.717, 1.165) is 26.6 Å². The summed E-state index contributed by atoms with van der Waals surface area (Å²) in [6.45, 7) is 8.23. The van der Waals surface area contributed by atoms with Gasteiger partial charge in [-0.3, -0.25) is 4.57 Å². The fourth-order valence-corrected chi connectivity index (χ4v) is 2.93. The first-order valence-corrected chi connectivity index (χ1v) is 7.17. The van der Waals surface area contributed by atoms with Gasteiger partial charge in [0.25, 0.3) is 0 Å². The van der Waals surface area contributed by atoms with Gasteiger partial charge < -0.3 is 0 Å². The van der Waals surface area contributed by atoms with Crippen molar-refractivity contribution in [3.05, 3.63) is 41.9 Å². The van der Waals surface area contributed by atoms with Gasteiger partial charge in [0.05, 0.1) is 22.4 Å². The van der Waals surface area contributed by atoms with Gasteiger partial charge in [0.15, 0.2) is 0 Å². The molecule has 0 spiro atoms. The molecule has 0 aromatic carbocycles. The van der Waals surface area contributed by atoms with Crippen molar-refractivity contribution in [1.29, 1.82) is 0 Å². The highest BCUT2D eigenvalue weighted by molar-refractivity contribution is 9.10. The average molecular weight is 328 g/mol. The number of hydrogen-bond acceptors (Lipinski definition) is 4. The van der Waals surface area contributed by atoms with Crippen LogP contribution in [0, 0.1) is 27.7 Å². The predicted octanol–water partition coefficient (Wildman–Crippen LogP) is 2.74. The van der Waals surface area contributed by atoms with Crippen LogP contribution in [0.1, 0.15) is 27.0 Å². The summed E-state index contributed by atoms with van der Waals surface area (Å²) in [5.74, 6) is 0. The summed E-state index contributed by atoms with van der Waals surface area (Å²) >= 11 is 5.08. The SMILES string of the molecule is Cc1nc(Cn2c(C)c(Br)c(C)nc2=O)sc1C. The second kappa shape index (κ2) is 4.93. The highest BCUT2D eigenvalue weighted by atomic mass is 79.9. The van der Waals surface area contributed by atoms with Gasteiger partial charge in [-0.25, -0.2) is 9.78 Å². The molecular formula is C12H14BrN3OS. The Morgan fingerprint density at radius 2 is 1.83 bits per heavy atom. The smallest absolute Gasteiger partial charge is 0.289 e. The van der Waals surface area contributed by atoms with Crippen molar-refractivity contribution in [2.45, 2.75) is 34.2 Å². The molecule has 18 heavy (non-hydrogen) atoms. The number of nitrogens with zero attached hydrogens (tertiary/aromatic N) is 3. The van der Waals surface area contributed by atoms with E-state index in [1.165, 1.54) is 4.88 Å². The van der Waals surface area contributed by atoms with Gasteiger partial charge in [-0.05, 0) is 43.6 Å². The summed E-state index contributed by atoms with van der Waals surface area (Å²) in [5.41, 5.74) is 2.41. The number of aromatic nitrogens is 3. The van der Waals surface area contributed by atoms with Crippen LogP contribution in [0.4, 0.5) is 0 Å². The van der Waals surface area contributed by atoms with Crippen LogP contribution in [0.5, 0.6) is 0 Å². The van der Waals surface area contributed by atoms with Crippen LogP contribution in [0.3, 0.4) is 0 Å². The van der Waals surface area contributed by atoms with Gasteiger partial charge in [0, 0.05) is 10.6 Å². The van der Waals surface area contributed by atoms with E-state index in [2.05, 4.69) is 25.9 Å². The molecule has 0 fully saturated rings. The van der Waals surface area contributed by atoms with Gasteiger partial charge in [-0.15, -0.1) is 11.3 Å². The molecule has 0 saturated heterocycles. The predicted molar refractivity (Wildman–Crippen MR) is 76.4 cm³/mol. The van der Waals surface area contributed by atoms with Gasteiger partial charge >= 0.3 is 5.69 Å². The van der Waals surface area contributed by atoms with Crippen LogP contribution in [0.15, 0.2) is 9.27 Å². The molecule has 0 amide bonds. The summed E-state index contributed by atoms with van der Waals surface area (Å²) in [6, 6.07) is 0. The van der Waals surface area contributed by atoms with E-state index in [-0.39, 0.29) is 5.69 Å². The molecule has 0 bridgehead atoms. The Balaban J connectivity index is 2.47. The van der Waals surface area contributed by atoms with E-state index >= 15 is 0 Å². The summed E-state index contributed by atoms with van der Waals surface area (Å²) in [5, 5.41) is 0.938. The minimum absolute atomic E-state index is 0.223. The minimum atomic E-state index is -0.223. The Labute approximate surface area is 118 Å².